The second kappa shape index (κ2) is 4.11. The second-order valence-corrected chi connectivity index (χ2v) is 6.49. The molecule has 0 bridgehead atoms. The maximum absolute atomic E-state index is 11.5. The summed E-state index contributed by atoms with van der Waals surface area (Å²) in [5, 5.41) is 10.2. The molecule has 88 valence electrons. The number of carboxylic acids is 1. The Morgan fingerprint density at radius 3 is 2.81 bits per heavy atom. The van der Waals surface area contributed by atoms with E-state index in [0.717, 1.165) is 11.3 Å². The summed E-state index contributed by atoms with van der Waals surface area (Å²) in [6.07, 6.45) is 1.40. The molecule has 0 atom stereocenters. The van der Waals surface area contributed by atoms with Gasteiger partial charge in [0.05, 0.1) is 11.8 Å². The standard InChI is InChI=1S/C8H10N2O4S2/c11-8(12)6-4-15-7(10-6)3-9-16(13,14)5-1-2-5/h4-5,9H,1-3H2,(H,11,12). The van der Waals surface area contributed by atoms with Crippen LogP contribution in [-0.4, -0.2) is 29.7 Å². The SMILES string of the molecule is O=C(O)c1csc(CNS(=O)(=O)C2CC2)n1. The summed E-state index contributed by atoms with van der Waals surface area (Å²) in [4.78, 5) is 14.3. The van der Waals surface area contributed by atoms with Crippen LogP contribution in [0.4, 0.5) is 0 Å². The summed E-state index contributed by atoms with van der Waals surface area (Å²) >= 11 is 1.13. The van der Waals surface area contributed by atoms with Gasteiger partial charge in [-0.25, -0.2) is 22.9 Å². The van der Waals surface area contributed by atoms with Gasteiger partial charge in [0.1, 0.15) is 5.01 Å². The summed E-state index contributed by atoms with van der Waals surface area (Å²) in [7, 11) is -3.23. The number of carboxylic acid groups (broad SMARTS) is 1. The molecule has 1 fully saturated rings. The van der Waals surface area contributed by atoms with E-state index in [1.807, 2.05) is 0 Å². The molecular weight excluding hydrogens is 252 g/mol. The smallest absolute Gasteiger partial charge is 0.355 e. The molecule has 1 aliphatic carbocycles. The van der Waals surface area contributed by atoms with E-state index in [1.165, 1.54) is 5.38 Å². The lowest BCUT2D eigenvalue weighted by Gasteiger charge is -2.01. The predicted octanol–water partition coefficient (Wildman–Crippen LogP) is 0.423. The minimum Gasteiger partial charge on any atom is -0.476 e. The quantitative estimate of drug-likeness (QED) is 0.801. The summed E-state index contributed by atoms with van der Waals surface area (Å²) < 4.78 is 25.3. The van der Waals surface area contributed by atoms with Crippen molar-refractivity contribution >= 4 is 27.3 Å². The van der Waals surface area contributed by atoms with Gasteiger partial charge in [0.25, 0.3) is 0 Å². The van der Waals surface area contributed by atoms with Gasteiger partial charge in [-0.05, 0) is 12.8 Å². The van der Waals surface area contributed by atoms with Crippen molar-refractivity contribution in [3.63, 3.8) is 0 Å². The summed E-state index contributed by atoms with van der Waals surface area (Å²) in [6, 6.07) is 0. The Kier molecular flexibility index (Phi) is 2.96. The minimum atomic E-state index is -3.23. The Hall–Kier alpha value is -0.990. The molecule has 0 radical (unpaired) electrons. The van der Waals surface area contributed by atoms with Crippen molar-refractivity contribution in [1.29, 1.82) is 0 Å². The molecule has 0 amide bonds. The molecule has 1 aliphatic rings. The van der Waals surface area contributed by atoms with Crippen LogP contribution in [0.2, 0.25) is 0 Å². The van der Waals surface area contributed by atoms with E-state index in [4.69, 9.17) is 5.11 Å². The van der Waals surface area contributed by atoms with Gasteiger partial charge in [-0.1, -0.05) is 0 Å². The van der Waals surface area contributed by atoms with Crippen LogP contribution in [0.3, 0.4) is 0 Å². The van der Waals surface area contributed by atoms with Gasteiger partial charge in [-0.15, -0.1) is 11.3 Å². The van der Waals surface area contributed by atoms with E-state index in [2.05, 4.69) is 9.71 Å². The maximum atomic E-state index is 11.5. The van der Waals surface area contributed by atoms with Crippen LogP contribution in [0.5, 0.6) is 0 Å². The van der Waals surface area contributed by atoms with Crippen LogP contribution in [0.25, 0.3) is 0 Å². The third-order valence-corrected chi connectivity index (χ3v) is 4.90. The number of aromatic nitrogens is 1. The first-order chi connectivity index (χ1) is 7.49. The molecule has 1 saturated carbocycles. The average molecular weight is 262 g/mol. The van der Waals surface area contributed by atoms with E-state index in [9.17, 15) is 13.2 Å². The molecule has 1 aromatic heterocycles. The molecule has 2 rings (SSSR count). The van der Waals surface area contributed by atoms with E-state index in [0.29, 0.717) is 17.8 Å². The number of hydrogen-bond acceptors (Lipinski definition) is 5. The highest BCUT2D eigenvalue weighted by Crippen LogP contribution is 2.27. The van der Waals surface area contributed by atoms with E-state index >= 15 is 0 Å². The van der Waals surface area contributed by atoms with Crippen LogP contribution in [-0.2, 0) is 16.6 Å². The zero-order chi connectivity index (χ0) is 11.8. The number of nitrogens with one attached hydrogen (secondary N) is 1. The van der Waals surface area contributed by atoms with E-state index in [-0.39, 0.29) is 17.5 Å². The van der Waals surface area contributed by atoms with Crippen molar-refractivity contribution in [2.24, 2.45) is 0 Å². The van der Waals surface area contributed by atoms with Gasteiger partial charge < -0.3 is 5.11 Å². The van der Waals surface area contributed by atoms with Gasteiger partial charge in [0.2, 0.25) is 10.0 Å². The van der Waals surface area contributed by atoms with E-state index < -0.39 is 16.0 Å². The molecule has 0 aromatic carbocycles. The van der Waals surface area contributed by atoms with Crippen LogP contribution in [0, 0.1) is 0 Å². The molecule has 6 nitrogen and oxygen atoms in total. The van der Waals surface area contributed by atoms with Gasteiger partial charge >= 0.3 is 5.97 Å². The molecular formula is C8H10N2O4S2. The molecule has 16 heavy (non-hydrogen) atoms. The fourth-order valence-electron chi connectivity index (χ4n) is 1.15. The minimum absolute atomic E-state index is 0.0504. The normalized spacial score (nSPS) is 16.2. The van der Waals surface area contributed by atoms with Crippen molar-refractivity contribution in [3.05, 3.63) is 16.1 Å². The number of rotatable bonds is 5. The summed E-state index contributed by atoms with van der Waals surface area (Å²) in [6.45, 7) is 0.0662. The number of aromatic carboxylic acids is 1. The molecule has 2 N–H and O–H groups in total. The highest BCUT2D eigenvalue weighted by atomic mass is 32.2. The Balaban J connectivity index is 1.96. The Morgan fingerprint density at radius 2 is 2.31 bits per heavy atom. The largest absolute Gasteiger partial charge is 0.476 e. The van der Waals surface area contributed by atoms with Gasteiger partial charge in [0.15, 0.2) is 5.69 Å². The van der Waals surface area contributed by atoms with Gasteiger partial charge in [0, 0.05) is 5.38 Å². The Labute approximate surface area is 96.4 Å². The lowest BCUT2D eigenvalue weighted by Crippen LogP contribution is -2.26. The fraction of sp³-hybridized carbons (Fsp3) is 0.500. The lowest BCUT2D eigenvalue weighted by atomic mass is 10.5. The monoisotopic (exact) mass is 262 g/mol. The summed E-state index contributed by atoms with van der Waals surface area (Å²) in [5.41, 5.74) is -0.0504. The first-order valence-corrected chi connectivity index (χ1v) is 7.08. The molecule has 1 heterocycles. The number of thiazole rings is 1. The zero-order valence-electron chi connectivity index (χ0n) is 8.21. The van der Waals surface area contributed by atoms with Gasteiger partial charge in [-0.2, -0.15) is 0 Å². The first-order valence-electron chi connectivity index (χ1n) is 4.65. The lowest BCUT2D eigenvalue weighted by molar-refractivity contribution is 0.0691. The van der Waals surface area contributed by atoms with Gasteiger partial charge in [-0.3, -0.25) is 0 Å². The molecule has 0 unspecified atom stereocenters. The highest BCUT2D eigenvalue weighted by molar-refractivity contribution is 7.90. The third kappa shape index (κ3) is 2.57. The Morgan fingerprint density at radius 1 is 1.62 bits per heavy atom. The van der Waals surface area contributed by atoms with Crippen molar-refractivity contribution in [1.82, 2.24) is 9.71 Å². The van der Waals surface area contributed by atoms with Crippen LogP contribution < -0.4 is 4.72 Å². The van der Waals surface area contributed by atoms with Crippen LogP contribution >= 0.6 is 11.3 Å². The zero-order valence-corrected chi connectivity index (χ0v) is 9.84. The van der Waals surface area contributed by atoms with Crippen molar-refractivity contribution < 1.29 is 18.3 Å². The predicted molar refractivity (Wildman–Crippen MR) is 57.9 cm³/mol. The van der Waals surface area contributed by atoms with Crippen molar-refractivity contribution in [3.8, 4) is 0 Å². The fourth-order valence-corrected chi connectivity index (χ4v) is 3.28. The topological polar surface area (TPSA) is 96.4 Å². The third-order valence-electron chi connectivity index (χ3n) is 2.16. The Bertz CT molecular complexity index is 504. The molecule has 0 saturated heterocycles. The number of nitrogens with zero attached hydrogens (tertiary/aromatic N) is 1. The molecule has 1 aromatic rings. The number of carbonyl (C=O) groups is 1. The number of hydrogen-bond donors (Lipinski definition) is 2. The van der Waals surface area contributed by atoms with Crippen LogP contribution in [0.15, 0.2) is 5.38 Å². The highest BCUT2D eigenvalue weighted by Gasteiger charge is 2.35. The summed E-state index contributed by atoms with van der Waals surface area (Å²) in [5.74, 6) is -1.10. The first kappa shape index (κ1) is 11.5. The molecule has 0 spiro atoms. The number of sulfonamides is 1. The van der Waals surface area contributed by atoms with Crippen molar-refractivity contribution in [2.45, 2.75) is 24.6 Å². The van der Waals surface area contributed by atoms with Crippen molar-refractivity contribution in [2.75, 3.05) is 0 Å². The molecule has 8 heteroatoms. The molecule has 0 aliphatic heterocycles. The maximum Gasteiger partial charge on any atom is 0.355 e. The average Bonchev–Trinajstić information content (AvgIpc) is 2.95. The van der Waals surface area contributed by atoms with E-state index in [1.54, 1.807) is 0 Å². The second-order valence-electron chi connectivity index (χ2n) is 3.50. The van der Waals surface area contributed by atoms with Crippen LogP contribution in [0.1, 0.15) is 28.3 Å².